The third kappa shape index (κ3) is 3.69. The van der Waals surface area contributed by atoms with Crippen LogP contribution in [0, 0.1) is 12.7 Å². The molecular weight excluding hydrogens is 349 g/mol. The summed E-state index contributed by atoms with van der Waals surface area (Å²) >= 11 is 0. The summed E-state index contributed by atoms with van der Waals surface area (Å²) in [6, 6.07) is 7.38. The first-order valence-electron chi connectivity index (χ1n) is 8.78. The molecule has 1 amide bonds. The summed E-state index contributed by atoms with van der Waals surface area (Å²) in [5.74, 6) is 0.706. The van der Waals surface area contributed by atoms with E-state index in [0.29, 0.717) is 36.2 Å². The van der Waals surface area contributed by atoms with Gasteiger partial charge in [-0.2, -0.15) is 4.98 Å². The fourth-order valence-electron chi connectivity index (χ4n) is 3.19. The number of rotatable bonds is 3. The van der Waals surface area contributed by atoms with E-state index < -0.39 is 0 Å². The van der Waals surface area contributed by atoms with E-state index >= 15 is 0 Å². The van der Waals surface area contributed by atoms with Crippen LogP contribution in [-0.4, -0.2) is 44.0 Å². The maximum atomic E-state index is 13.1. The van der Waals surface area contributed by atoms with Crippen LogP contribution in [0.1, 0.15) is 40.7 Å². The Morgan fingerprint density at radius 2 is 2.00 bits per heavy atom. The predicted molar refractivity (Wildman–Crippen MR) is 94.3 cm³/mol. The van der Waals surface area contributed by atoms with Gasteiger partial charge in [0.2, 0.25) is 17.5 Å². The third-order valence-electron chi connectivity index (χ3n) is 4.59. The number of benzene rings is 1. The lowest BCUT2D eigenvalue weighted by molar-refractivity contribution is 0.0695. The van der Waals surface area contributed by atoms with Crippen LogP contribution < -0.4 is 0 Å². The molecule has 3 heterocycles. The fraction of sp³-hybridized carbons (Fsp3) is 0.316. The van der Waals surface area contributed by atoms with Gasteiger partial charge in [0.25, 0.3) is 5.91 Å². The van der Waals surface area contributed by atoms with Crippen molar-refractivity contribution in [3.63, 3.8) is 0 Å². The Labute approximate surface area is 155 Å². The summed E-state index contributed by atoms with van der Waals surface area (Å²) < 4.78 is 18.5. The Balaban J connectivity index is 1.50. The van der Waals surface area contributed by atoms with Gasteiger partial charge >= 0.3 is 0 Å². The number of hydrogen-bond donors (Lipinski definition) is 0. The molecule has 1 aromatic carbocycles. The average Bonchev–Trinajstić information content (AvgIpc) is 3.18. The van der Waals surface area contributed by atoms with Crippen LogP contribution in [0.4, 0.5) is 4.39 Å². The molecule has 7 nitrogen and oxygen atoms in total. The minimum atomic E-state index is -0.361. The largest absolute Gasteiger partial charge is 0.338 e. The molecule has 0 N–H and O–H groups in total. The Kier molecular flexibility index (Phi) is 4.62. The van der Waals surface area contributed by atoms with Gasteiger partial charge in [0, 0.05) is 30.5 Å². The highest BCUT2D eigenvalue weighted by molar-refractivity contribution is 5.94. The second kappa shape index (κ2) is 7.22. The lowest BCUT2D eigenvalue weighted by atomic mass is 9.97. The lowest BCUT2D eigenvalue weighted by Gasteiger charge is -2.31. The number of hydrogen-bond acceptors (Lipinski definition) is 6. The van der Waals surface area contributed by atoms with Crippen molar-refractivity contribution in [3.05, 3.63) is 59.5 Å². The van der Waals surface area contributed by atoms with Gasteiger partial charge in [0.15, 0.2) is 0 Å². The number of aromatic nitrogens is 4. The minimum absolute atomic E-state index is 0.0470. The fourth-order valence-corrected chi connectivity index (χ4v) is 3.19. The molecule has 2 aromatic heterocycles. The van der Waals surface area contributed by atoms with E-state index in [2.05, 4.69) is 20.1 Å². The molecule has 1 aliphatic heterocycles. The van der Waals surface area contributed by atoms with E-state index in [0.717, 1.165) is 18.5 Å². The van der Waals surface area contributed by atoms with Gasteiger partial charge in [-0.05, 0) is 50.1 Å². The van der Waals surface area contributed by atoms with Crippen LogP contribution in [0.25, 0.3) is 11.6 Å². The molecule has 1 aliphatic rings. The van der Waals surface area contributed by atoms with Gasteiger partial charge in [0.05, 0.1) is 5.92 Å². The summed E-state index contributed by atoms with van der Waals surface area (Å²) in [5, 5.41) is 3.98. The lowest BCUT2D eigenvalue weighted by Crippen LogP contribution is -2.39. The molecule has 0 spiro atoms. The zero-order chi connectivity index (χ0) is 18.8. The van der Waals surface area contributed by atoms with E-state index in [1.54, 1.807) is 17.2 Å². The summed E-state index contributed by atoms with van der Waals surface area (Å²) in [7, 11) is 0. The summed E-state index contributed by atoms with van der Waals surface area (Å²) in [6.07, 6.45) is 3.33. The third-order valence-corrected chi connectivity index (χ3v) is 4.59. The number of nitrogens with zero attached hydrogens (tertiary/aromatic N) is 5. The molecule has 4 rings (SSSR count). The molecule has 138 valence electrons. The van der Waals surface area contributed by atoms with Gasteiger partial charge < -0.3 is 9.42 Å². The molecule has 27 heavy (non-hydrogen) atoms. The molecular formula is C19H18FN5O2. The van der Waals surface area contributed by atoms with Crippen molar-refractivity contribution in [2.24, 2.45) is 0 Å². The SMILES string of the molecule is Cc1ccnc(-c2noc(C3CCCN(C(=O)c4ccc(F)cc4)C3)n2)n1. The van der Waals surface area contributed by atoms with Gasteiger partial charge in [-0.1, -0.05) is 5.16 Å². The zero-order valence-electron chi connectivity index (χ0n) is 14.8. The van der Waals surface area contributed by atoms with Crippen LogP contribution in [-0.2, 0) is 0 Å². The number of carbonyl (C=O) groups is 1. The number of carbonyl (C=O) groups excluding carboxylic acids is 1. The summed E-state index contributed by atoms with van der Waals surface area (Å²) in [4.78, 5) is 27.3. The Hall–Kier alpha value is -3.16. The monoisotopic (exact) mass is 367 g/mol. The topological polar surface area (TPSA) is 85.0 Å². The van der Waals surface area contributed by atoms with Gasteiger partial charge in [0.1, 0.15) is 5.82 Å². The second-order valence-corrected chi connectivity index (χ2v) is 6.58. The standard InChI is InChI=1S/C19H18FN5O2/c1-12-8-9-21-16(22-12)17-23-18(27-24-17)14-3-2-10-25(11-14)19(26)13-4-6-15(20)7-5-13/h4-9,14H,2-3,10-11H2,1H3. The van der Waals surface area contributed by atoms with Crippen molar-refractivity contribution in [1.82, 2.24) is 25.0 Å². The van der Waals surface area contributed by atoms with E-state index in [-0.39, 0.29) is 17.6 Å². The molecule has 1 unspecified atom stereocenters. The molecule has 1 fully saturated rings. The molecule has 0 saturated carbocycles. The molecule has 3 aromatic rings. The van der Waals surface area contributed by atoms with Gasteiger partial charge in [-0.25, -0.2) is 14.4 Å². The number of piperidine rings is 1. The molecule has 1 atom stereocenters. The maximum absolute atomic E-state index is 13.1. The number of likely N-dealkylation sites (tertiary alicyclic amines) is 1. The van der Waals surface area contributed by atoms with Crippen LogP contribution in [0.15, 0.2) is 41.1 Å². The van der Waals surface area contributed by atoms with E-state index in [9.17, 15) is 9.18 Å². The normalized spacial score (nSPS) is 17.1. The van der Waals surface area contributed by atoms with E-state index in [4.69, 9.17) is 4.52 Å². The van der Waals surface area contributed by atoms with Crippen molar-refractivity contribution in [2.75, 3.05) is 13.1 Å². The van der Waals surface area contributed by atoms with Crippen LogP contribution in [0.5, 0.6) is 0 Å². The van der Waals surface area contributed by atoms with Crippen LogP contribution >= 0.6 is 0 Å². The Morgan fingerprint density at radius 3 is 2.78 bits per heavy atom. The first kappa shape index (κ1) is 17.3. The van der Waals surface area contributed by atoms with Crippen LogP contribution in [0.3, 0.4) is 0 Å². The highest BCUT2D eigenvalue weighted by Gasteiger charge is 2.29. The first-order valence-corrected chi connectivity index (χ1v) is 8.78. The maximum Gasteiger partial charge on any atom is 0.253 e. The van der Waals surface area contributed by atoms with Crippen molar-refractivity contribution in [3.8, 4) is 11.6 Å². The van der Waals surface area contributed by atoms with E-state index in [1.165, 1.54) is 24.3 Å². The van der Waals surface area contributed by atoms with E-state index in [1.807, 2.05) is 6.92 Å². The van der Waals surface area contributed by atoms with Crippen molar-refractivity contribution in [2.45, 2.75) is 25.7 Å². The quantitative estimate of drug-likeness (QED) is 0.707. The Morgan fingerprint density at radius 1 is 1.19 bits per heavy atom. The molecule has 1 saturated heterocycles. The second-order valence-electron chi connectivity index (χ2n) is 6.58. The van der Waals surface area contributed by atoms with Gasteiger partial charge in [-0.15, -0.1) is 0 Å². The van der Waals surface area contributed by atoms with Crippen LogP contribution in [0.2, 0.25) is 0 Å². The molecule has 0 radical (unpaired) electrons. The predicted octanol–water partition coefficient (Wildman–Crippen LogP) is 2.99. The summed E-state index contributed by atoms with van der Waals surface area (Å²) in [5.41, 5.74) is 1.29. The molecule has 0 aliphatic carbocycles. The number of halogens is 1. The number of aryl methyl sites for hydroxylation is 1. The highest BCUT2D eigenvalue weighted by Crippen LogP contribution is 2.27. The summed E-state index contributed by atoms with van der Waals surface area (Å²) in [6.45, 7) is 2.99. The average molecular weight is 367 g/mol. The smallest absolute Gasteiger partial charge is 0.253 e. The highest BCUT2D eigenvalue weighted by atomic mass is 19.1. The van der Waals surface area contributed by atoms with Crippen molar-refractivity contribution >= 4 is 5.91 Å². The Bertz CT molecular complexity index is 957. The number of amides is 1. The van der Waals surface area contributed by atoms with Crippen molar-refractivity contribution in [1.29, 1.82) is 0 Å². The van der Waals surface area contributed by atoms with Gasteiger partial charge in [-0.3, -0.25) is 4.79 Å². The minimum Gasteiger partial charge on any atom is -0.338 e. The molecule has 0 bridgehead atoms. The molecule has 8 heteroatoms. The first-order chi connectivity index (χ1) is 13.1. The van der Waals surface area contributed by atoms with Crippen molar-refractivity contribution < 1.29 is 13.7 Å². The zero-order valence-corrected chi connectivity index (χ0v) is 14.8.